The van der Waals surface area contributed by atoms with Crippen LogP contribution in [0.15, 0.2) is 18.2 Å². The third kappa shape index (κ3) is 5.19. The van der Waals surface area contributed by atoms with Gasteiger partial charge in [-0.2, -0.15) is 0 Å². The second kappa shape index (κ2) is 7.01. The van der Waals surface area contributed by atoms with E-state index in [0.717, 1.165) is 5.75 Å². The molecule has 0 N–H and O–H groups in total. The first-order valence-corrected chi connectivity index (χ1v) is 5.97. The number of rotatable bonds is 6. The minimum absolute atomic E-state index is 0.232. The third-order valence-corrected chi connectivity index (χ3v) is 2.56. The molecule has 4 nitrogen and oxygen atoms in total. The zero-order valence-corrected chi connectivity index (χ0v) is 11.5. The number of esters is 1. The van der Waals surface area contributed by atoms with Crippen molar-refractivity contribution in [2.75, 3.05) is 33.9 Å². The number of nitrogens with zero attached hydrogens (tertiary/aromatic N) is 1. The van der Waals surface area contributed by atoms with Crippen LogP contribution in [0.5, 0.6) is 5.75 Å². The van der Waals surface area contributed by atoms with Crippen LogP contribution in [0.2, 0.25) is 0 Å². The second-order valence-corrected chi connectivity index (χ2v) is 4.49. The first-order valence-electron chi connectivity index (χ1n) is 5.97. The molecule has 0 saturated heterocycles. The molecule has 0 unspecified atom stereocenters. The van der Waals surface area contributed by atoms with Crippen LogP contribution in [0.4, 0.5) is 0 Å². The fourth-order valence-corrected chi connectivity index (χ4v) is 1.70. The molecule has 0 aliphatic heterocycles. The van der Waals surface area contributed by atoms with E-state index >= 15 is 0 Å². The summed E-state index contributed by atoms with van der Waals surface area (Å²) in [5, 5.41) is 0. The standard InChI is InChI=1S/C14H21NO3/c1-11-7-12(2)9-13(8-11)18-6-5-15(3)10-14(16)17-4/h7-9H,5-6,10H2,1-4H3. The first-order chi connectivity index (χ1) is 8.51. The van der Waals surface area contributed by atoms with Gasteiger partial charge in [-0.05, 0) is 44.2 Å². The monoisotopic (exact) mass is 251 g/mol. The van der Waals surface area contributed by atoms with Gasteiger partial charge in [0.1, 0.15) is 12.4 Å². The van der Waals surface area contributed by atoms with Gasteiger partial charge in [-0.1, -0.05) is 6.07 Å². The fourth-order valence-electron chi connectivity index (χ4n) is 1.70. The maximum absolute atomic E-state index is 11.0. The average Bonchev–Trinajstić information content (AvgIpc) is 2.27. The molecule has 0 saturated carbocycles. The molecular weight excluding hydrogens is 230 g/mol. The van der Waals surface area contributed by atoms with Crippen LogP contribution in [-0.4, -0.2) is 44.7 Å². The van der Waals surface area contributed by atoms with Crippen molar-refractivity contribution in [2.24, 2.45) is 0 Å². The predicted molar refractivity (Wildman–Crippen MR) is 70.9 cm³/mol. The summed E-state index contributed by atoms with van der Waals surface area (Å²) in [6, 6.07) is 6.12. The number of carbonyl (C=O) groups is 1. The molecule has 0 aliphatic rings. The molecule has 18 heavy (non-hydrogen) atoms. The number of hydrogen-bond donors (Lipinski definition) is 0. The van der Waals surface area contributed by atoms with E-state index in [2.05, 4.69) is 10.8 Å². The van der Waals surface area contributed by atoms with E-state index in [1.165, 1.54) is 18.2 Å². The summed E-state index contributed by atoms with van der Waals surface area (Å²) in [6.45, 7) is 5.61. The Labute approximate surface area is 108 Å². The quantitative estimate of drug-likeness (QED) is 0.723. The Morgan fingerprint density at radius 3 is 2.39 bits per heavy atom. The van der Waals surface area contributed by atoms with Gasteiger partial charge in [0.15, 0.2) is 0 Å². The van der Waals surface area contributed by atoms with E-state index < -0.39 is 0 Å². The molecule has 0 aromatic heterocycles. The Bertz CT molecular complexity index is 384. The zero-order valence-electron chi connectivity index (χ0n) is 11.5. The number of likely N-dealkylation sites (N-methyl/N-ethyl adjacent to an activating group) is 1. The summed E-state index contributed by atoms with van der Waals surface area (Å²) < 4.78 is 10.3. The van der Waals surface area contributed by atoms with E-state index in [0.29, 0.717) is 13.2 Å². The van der Waals surface area contributed by atoms with Crippen LogP contribution >= 0.6 is 0 Å². The van der Waals surface area contributed by atoms with Crippen LogP contribution in [0.1, 0.15) is 11.1 Å². The number of benzene rings is 1. The molecule has 100 valence electrons. The first kappa shape index (κ1) is 14.5. The van der Waals surface area contributed by atoms with Gasteiger partial charge in [-0.3, -0.25) is 9.69 Å². The highest BCUT2D eigenvalue weighted by Crippen LogP contribution is 2.15. The van der Waals surface area contributed by atoms with Gasteiger partial charge in [0, 0.05) is 6.54 Å². The van der Waals surface area contributed by atoms with Crippen LogP contribution in [0.3, 0.4) is 0 Å². The van der Waals surface area contributed by atoms with E-state index in [1.807, 2.05) is 37.9 Å². The van der Waals surface area contributed by atoms with Crippen LogP contribution < -0.4 is 4.74 Å². The molecule has 0 bridgehead atoms. The molecule has 0 spiro atoms. The summed E-state index contributed by atoms with van der Waals surface area (Å²) in [6.07, 6.45) is 0. The van der Waals surface area contributed by atoms with Gasteiger partial charge in [0.25, 0.3) is 0 Å². The van der Waals surface area contributed by atoms with Crippen molar-refractivity contribution >= 4 is 5.97 Å². The maximum atomic E-state index is 11.0. The van der Waals surface area contributed by atoms with Crippen LogP contribution in [0, 0.1) is 13.8 Å². The molecule has 0 heterocycles. The molecule has 1 aromatic carbocycles. The Morgan fingerprint density at radius 1 is 1.22 bits per heavy atom. The summed E-state index contributed by atoms with van der Waals surface area (Å²) >= 11 is 0. The summed E-state index contributed by atoms with van der Waals surface area (Å²) in [7, 11) is 3.25. The molecule has 0 radical (unpaired) electrons. The normalized spacial score (nSPS) is 10.5. The van der Waals surface area contributed by atoms with Crippen molar-refractivity contribution in [3.63, 3.8) is 0 Å². The smallest absolute Gasteiger partial charge is 0.319 e. The molecule has 0 amide bonds. The molecular formula is C14H21NO3. The Balaban J connectivity index is 2.35. The van der Waals surface area contributed by atoms with E-state index in [1.54, 1.807) is 0 Å². The van der Waals surface area contributed by atoms with Gasteiger partial charge < -0.3 is 9.47 Å². The molecule has 1 aromatic rings. The predicted octanol–water partition coefficient (Wildman–Crippen LogP) is 1.79. The van der Waals surface area contributed by atoms with E-state index in [-0.39, 0.29) is 12.5 Å². The number of ether oxygens (including phenoxy) is 2. The fraction of sp³-hybridized carbons (Fsp3) is 0.500. The lowest BCUT2D eigenvalue weighted by molar-refractivity contribution is -0.141. The average molecular weight is 251 g/mol. The minimum Gasteiger partial charge on any atom is -0.492 e. The van der Waals surface area contributed by atoms with Crippen molar-refractivity contribution < 1.29 is 14.3 Å². The second-order valence-electron chi connectivity index (χ2n) is 4.49. The summed E-state index contributed by atoms with van der Waals surface area (Å²) in [5.74, 6) is 0.642. The van der Waals surface area contributed by atoms with Crippen LogP contribution in [0.25, 0.3) is 0 Å². The van der Waals surface area contributed by atoms with Crippen molar-refractivity contribution in [1.82, 2.24) is 4.90 Å². The van der Waals surface area contributed by atoms with Gasteiger partial charge in [0.05, 0.1) is 13.7 Å². The highest BCUT2D eigenvalue weighted by Gasteiger charge is 2.06. The number of hydrogen-bond acceptors (Lipinski definition) is 4. The molecule has 0 aliphatic carbocycles. The Kier molecular flexibility index (Phi) is 5.65. The summed E-state index contributed by atoms with van der Waals surface area (Å²) in [5.41, 5.74) is 2.38. The van der Waals surface area contributed by atoms with E-state index in [9.17, 15) is 4.79 Å². The van der Waals surface area contributed by atoms with E-state index in [4.69, 9.17) is 4.74 Å². The molecule has 0 atom stereocenters. The van der Waals surface area contributed by atoms with Gasteiger partial charge in [-0.25, -0.2) is 0 Å². The zero-order chi connectivity index (χ0) is 13.5. The summed E-state index contributed by atoms with van der Waals surface area (Å²) in [4.78, 5) is 12.9. The lowest BCUT2D eigenvalue weighted by Crippen LogP contribution is -2.30. The molecule has 1 rings (SSSR count). The third-order valence-electron chi connectivity index (χ3n) is 2.56. The highest BCUT2D eigenvalue weighted by atomic mass is 16.5. The van der Waals surface area contributed by atoms with Crippen molar-refractivity contribution in [3.05, 3.63) is 29.3 Å². The van der Waals surface area contributed by atoms with Crippen molar-refractivity contribution in [3.8, 4) is 5.75 Å². The van der Waals surface area contributed by atoms with Crippen molar-refractivity contribution in [2.45, 2.75) is 13.8 Å². The number of aryl methyl sites for hydroxylation is 2. The SMILES string of the molecule is COC(=O)CN(C)CCOc1cc(C)cc(C)c1. The highest BCUT2D eigenvalue weighted by molar-refractivity contribution is 5.71. The lowest BCUT2D eigenvalue weighted by atomic mass is 10.1. The van der Waals surface area contributed by atoms with Gasteiger partial charge >= 0.3 is 5.97 Å². The number of carbonyl (C=O) groups excluding carboxylic acids is 1. The topological polar surface area (TPSA) is 38.8 Å². The molecule has 0 fully saturated rings. The van der Waals surface area contributed by atoms with Crippen molar-refractivity contribution in [1.29, 1.82) is 0 Å². The Morgan fingerprint density at radius 2 is 1.83 bits per heavy atom. The molecule has 4 heteroatoms. The van der Waals surface area contributed by atoms with Gasteiger partial charge in [-0.15, -0.1) is 0 Å². The Hall–Kier alpha value is -1.55. The largest absolute Gasteiger partial charge is 0.492 e. The number of methoxy groups -OCH3 is 1. The van der Waals surface area contributed by atoms with Crippen LogP contribution in [-0.2, 0) is 9.53 Å². The van der Waals surface area contributed by atoms with Gasteiger partial charge in [0.2, 0.25) is 0 Å². The lowest BCUT2D eigenvalue weighted by Gasteiger charge is -2.15. The minimum atomic E-state index is -0.232. The maximum Gasteiger partial charge on any atom is 0.319 e.